The molecule has 1 aliphatic heterocycles. The zero-order chi connectivity index (χ0) is 11.3. The molecule has 2 amide bonds. The first kappa shape index (κ1) is 12.2. The van der Waals surface area contributed by atoms with Gasteiger partial charge >= 0.3 is 0 Å². The predicted octanol–water partition coefficient (Wildman–Crippen LogP) is 0.914. The second-order valence-corrected chi connectivity index (χ2v) is 4.03. The van der Waals surface area contributed by atoms with Crippen molar-refractivity contribution in [2.75, 3.05) is 13.1 Å². The van der Waals surface area contributed by atoms with Gasteiger partial charge in [-0.25, -0.2) is 0 Å². The first-order valence-corrected chi connectivity index (χ1v) is 5.70. The fourth-order valence-electron chi connectivity index (χ4n) is 2.02. The smallest absolute Gasteiger partial charge is 0.229 e. The van der Waals surface area contributed by atoms with E-state index in [4.69, 9.17) is 0 Å². The number of hydrogen-bond acceptors (Lipinski definition) is 3. The van der Waals surface area contributed by atoms with Crippen LogP contribution in [-0.2, 0) is 9.59 Å². The molecule has 1 fully saturated rings. The van der Waals surface area contributed by atoms with Gasteiger partial charge in [0.05, 0.1) is 6.04 Å². The lowest BCUT2D eigenvalue weighted by molar-refractivity contribution is -0.146. The minimum absolute atomic E-state index is 0.0290. The lowest BCUT2D eigenvalue weighted by Gasteiger charge is -2.32. The van der Waals surface area contributed by atoms with Crippen LogP contribution in [0.4, 0.5) is 0 Å². The largest absolute Gasteiger partial charge is 0.315 e. The van der Waals surface area contributed by atoms with Gasteiger partial charge in [0.2, 0.25) is 11.8 Å². The Bertz CT molecular complexity index is 235. The lowest BCUT2D eigenvalue weighted by Crippen LogP contribution is -2.50. The topological polar surface area (TPSA) is 49.4 Å². The summed E-state index contributed by atoms with van der Waals surface area (Å²) in [5.74, 6) is -0.152. The summed E-state index contributed by atoms with van der Waals surface area (Å²) >= 11 is 0. The molecule has 0 saturated carbocycles. The molecule has 15 heavy (non-hydrogen) atoms. The zero-order valence-corrected chi connectivity index (χ0v) is 9.58. The van der Waals surface area contributed by atoms with Crippen LogP contribution in [0.15, 0.2) is 0 Å². The molecule has 0 radical (unpaired) electrons. The van der Waals surface area contributed by atoms with Crippen molar-refractivity contribution in [3.8, 4) is 0 Å². The first-order chi connectivity index (χ1) is 7.16. The van der Waals surface area contributed by atoms with Crippen LogP contribution in [0.5, 0.6) is 0 Å². The average Bonchev–Trinajstić information content (AvgIpc) is 2.19. The number of piperidine rings is 1. The van der Waals surface area contributed by atoms with E-state index in [1.807, 2.05) is 6.92 Å². The Morgan fingerprint density at radius 1 is 1.47 bits per heavy atom. The van der Waals surface area contributed by atoms with Gasteiger partial charge in [0, 0.05) is 19.9 Å². The molecule has 1 rings (SSSR count). The Morgan fingerprint density at radius 2 is 2.20 bits per heavy atom. The summed E-state index contributed by atoms with van der Waals surface area (Å²) in [7, 11) is 0. The Morgan fingerprint density at radius 3 is 2.67 bits per heavy atom. The number of rotatable bonds is 3. The quantitative estimate of drug-likeness (QED) is 0.756. The molecule has 0 bridgehead atoms. The van der Waals surface area contributed by atoms with Crippen molar-refractivity contribution in [2.45, 2.75) is 45.6 Å². The summed E-state index contributed by atoms with van der Waals surface area (Å²) in [6, 6.07) is 0.0651. The highest BCUT2D eigenvalue weighted by atomic mass is 16.2. The van der Waals surface area contributed by atoms with Gasteiger partial charge in [-0.15, -0.1) is 0 Å². The van der Waals surface area contributed by atoms with Crippen LogP contribution in [0.2, 0.25) is 0 Å². The normalized spacial score (nSPS) is 21.1. The standard InChI is InChI=1S/C11H20N2O2/c1-3-5-11(15)13(9(2)14)10-6-4-7-12-8-10/h10,12H,3-8H2,1-2H3. The maximum atomic E-state index is 11.8. The van der Waals surface area contributed by atoms with Gasteiger partial charge in [-0.05, 0) is 25.8 Å². The van der Waals surface area contributed by atoms with Crippen molar-refractivity contribution in [3.05, 3.63) is 0 Å². The molecule has 4 heteroatoms. The number of nitrogens with one attached hydrogen (secondary N) is 1. The van der Waals surface area contributed by atoms with Crippen molar-refractivity contribution in [2.24, 2.45) is 0 Å². The van der Waals surface area contributed by atoms with E-state index >= 15 is 0 Å². The molecular weight excluding hydrogens is 192 g/mol. The third kappa shape index (κ3) is 3.30. The molecule has 0 aromatic heterocycles. The monoisotopic (exact) mass is 212 g/mol. The van der Waals surface area contributed by atoms with Gasteiger partial charge in [0.1, 0.15) is 0 Å². The molecular formula is C11H20N2O2. The predicted molar refractivity (Wildman–Crippen MR) is 58.3 cm³/mol. The molecule has 0 spiro atoms. The van der Waals surface area contributed by atoms with Crippen LogP contribution in [0.1, 0.15) is 39.5 Å². The number of nitrogens with zero attached hydrogens (tertiary/aromatic N) is 1. The fourth-order valence-corrected chi connectivity index (χ4v) is 2.02. The van der Waals surface area contributed by atoms with Gasteiger partial charge in [-0.3, -0.25) is 14.5 Å². The van der Waals surface area contributed by atoms with Crippen molar-refractivity contribution in [1.29, 1.82) is 0 Å². The minimum Gasteiger partial charge on any atom is -0.315 e. The first-order valence-electron chi connectivity index (χ1n) is 5.70. The number of carbonyl (C=O) groups excluding carboxylic acids is 2. The van der Waals surface area contributed by atoms with E-state index in [0.29, 0.717) is 6.42 Å². The second kappa shape index (κ2) is 5.85. The molecule has 86 valence electrons. The SMILES string of the molecule is CCCC(=O)N(C(C)=O)C1CCCNC1. The van der Waals surface area contributed by atoms with Crippen LogP contribution in [0.25, 0.3) is 0 Å². The highest BCUT2D eigenvalue weighted by Gasteiger charge is 2.27. The summed E-state index contributed by atoms with van der Waals surface area (Å²) in [4.78, 5) is 24.6. The van der Waals surface area contributed by atoms with Crippen molar-refractivity contribution >= 4 is 11.8 Å². The molecule has 0 aliphatic carbocycles. The number of carbonyl (C=O) groups is 2. The van der Waals surface area contributed by atoms with Crippen LogP contribution in [0.3, 0.4) is 0 Å². The average molecular weight is 212 g/mol. The van der Waals surface area contributed by atoms with Crippen LogP contribution in [0, 0.1) is 0 Å². The van der Waals surface area contributed by atoms with Crippen molar-refractivity contribution < 1.29 is 9.59 Å². The summed E-state index contributed by atoms with van der Waals surface area (Å²) in [6.45, 7) is 5.16. The molecule has 0 aromatic carbocycles. The third-order valence-corrected chi connectivity index (χ3v) is 2.71. The van der Waals surface area contributed by atoms with Crippen molar-refractivity contribution in [1.82, 2.24) is 10.2 Å². The Labute approximate surface area is 91.0 Å². The van der Waals surface area contributed by atoms with Crippen LogP contribution >= 0.6 is 0 Å². The highest BCUT2D eigenvalue weighted by Crippen LogP contribution is 2.12. The van der Waals surface area contributed by atoms with E-state index in [-0.39, 0.29) is 17.9 Å². The molecule has 1 unspecified atom stereocenters. The van der Waals surface area contributed by atoms with Gasteiger partial charge in [0.15, 0.2) is 0 Å². The van der Waals surface area contributed by atoms with E-state index in [9.17, 15) is 9.59 Å². The molecule has 1 saturated heterocycles. The number of hydrogen-bond donors (Lipinski definition) is 1. The third-order valence-electron chi connectivity index (χ3n) is 2.71. The molecule has 0 aromatic rings. The molecule has 4 nitrogen and oxygen atoms in total. The summed E-state index contributed by atoms with van der Waals surface area (Å²) in [6.07, 6.45) is 3.23. The van der Waals surface area contributed by atoms with E-state index in [1.165, 1.54) is 11.8 Å². The molecule has 1 aliphatic rings. The lowest BCUT2D eigenvalue weighted by atomic mass is 10.1. The molecule has 1 atom stereocenters. The Hall–Kier alpha value is -0.900. The summed E-state index contributed by atoms with van der Waals surface area (Å²) in [5, 5.41) is 3.22. The Kier molecular flexibility index (Phi) is 4.75. The van der Waals surface area contributed by atoms with Crippen molar-refractivity contribution in [3.63, 3.8) is 0 Å². The zero-order valence-electron chi connectivity index (χ0n) is 9.58. The second-order valence-electron chi connectivity index (χ2n) is 4.03. The van der Waals surface area contributed by atoms with Gasteiger partial charge < -0.3 is 5.32 Å². The number of imide groups is 1. The van der Waals surface area contributed by atoms with Gasteiger partial charge in [0.25, 0.3) is 0 Å². The van der Waals surface area contributed by atoms with E-state index in [2.05, 4.69) is 5.32 Å². The molecule has 1 N–H and O–H groups in total. The summed E-state index contributed by atoms with van der Waals surface area (Å²) < 4.78 is 0. The van der Waals surface area contributed by atoms with Crippen LogP contribution < -0.4 is 5.32 Å². The number of amides is 2. The van der Waals surface area contributed by atoms with Gasteiger partial charge in [-0.1, -0.05) is 6.92 Å². The fraction of sp³-hybridized carbons (Fsp3) is 0.818. The van der Waals surface area contributed by atoms with E-state index in [0.717, 1.165) is 32.4 Å². The maximum absolute atomic E-state index is 11.8. The molecule has 1 heterocycles. The summed E-state index contributed by atoms with van der Waals surface area (Å²) in [5.41, 5.74) is 0. The Balaban J connectivity index is 2.63. The van der Waals surface area contributed by atoms with Crippen LogP contribution in [-0.4, -0.2) is 35.8 Å². The van der Waals surface area contributed by atoms with E-state index in [1.54, 1.807) is 0 Å². The van der Waals surface area contributed by atoms with E-state index < -0.39 is 0 Å². The maximum Gasteiger partial charge on any atom is 0.229 e. The van der Waals surface area contributed by atoms with Gasteiger partial charge in [-0.2, -0.15) is 0 Å². The highest BCUT2D eigenvalue weighted by molar-refractivity contribution is 5.94. The minimum atomic E-state index is -0.123.